The number of ether oxygens (including phenoxy) is 2. The molecule has 1 aliphatic heterocycles. The SMILES string of the molecule is CCCCC/C=C\C[C@]1(O)/C(=C\C=C\CCCC(=O)OC)C(=O)[C@@]2(Br)O[C@H]21. The minimum absolute atomic E-state index is 0.214. The Kier molecular flexibility index (Phi) is 8.01. The Labute approximate surface area is 169 Å². The maximum atomic E-state index is 12.6. The Balaban J connectivity index is 1.95. The van der Waals surface area contributed by atoms with Gasteiger partial charge < -0.3 is 14.6 Å². The Morgan fingerprint density at radius 3 is 2.70 bits per heavy atom. The Bertz CT molecular complexity index is 638. The van der Waals surface area contributed by atoms with Crippen molar-refractivity contribution in [3.8, 4) is 0 Å². The first kappa shape index (κ1) is 22.1. The van der Waals surface area contributed by atoms with Crippen molar-refractivity contribution in [2.45, 2.75) is 74.5 Å². The Morgan fingerprint density at radius 1 is 1.26 bits per heavy atom. The van der Waals surface area contributed by atoms with Gasteiger partial charge in [0, 0.05) is 18.4 Å². The van der Waals surface area contributed by atoms with Gasteiger partial charge in [-0.05, 0) is 41.6 Å². The van der Waals surface area contributed by atoms with Crippen LogP contribution in [-0.2, 0) is 19.1 Å². The van der Waals surface area contributed by atoms with Crippen molar-refractivity contribution in [2.75, 3.05) is 7.11 Å². The number of fused-ring (bicyclic) bond motifs is 1. The van der Waals surface area contributed by atoms with Crippen LogP contribution in [0.15, 0.2) is 36.0 Å². The van der Waals surface area contributed by atoms with Gasteiger partial charge >= 0.3 is 5.97 Å². The molecule has 5 nitrogen and oxygen atoms in total. The maximum absolute atomic E-state index is 12.6. The molecule has 0 spiro atoms. The summed E-state index contributed by atoms with van der Waals surface area (Å²) in [6.07, 6.45) is 15.3. The molecule has 0 radical (unpaired) electrons. The first-order chi connectivity index (χ1) is 12.9. The van der Waals surface area contributed by atoms with E-state index >= 15 is 0 Å². The van der Waals surface area contributed by atoms with Gasteiger partial charge in [-0.1, -0.05) is 50.1 Å². The number of unbranched alkanes of at least 4 members (excludes halogenated alkanes) is 4. The second kappa shape index (κ2) is 9.80. The van der Waals surface area contributed by atoms with Crippen LogP contribution in [0.3, 0.4) is 0 Å². The molecule has 2 rings (SSSR count). The lowest BCUT2D eigenvalue weighted by atomic mass is 9.90. The lowest BCUT2D eigenvalue weighted by Crippen LogP contribution is -2.35. The smallest absolute Gasteiger partial charge is 0.305 e. The zero-order chi connectivity index (χ0) is 19.9. The average molecular weight is 441 g/mol. The Morgan fingerprint density at radius 2 is 2.00 bits per heavy atom. The third kappa shape index (κ3) is 5.18. The summed E-state index contributed by atoms with van der Waals surface area (Å²) < 4.78 is 8.97. The minimum atomic E-state index is -1.31. The highest BCUT2D eigenvalue weighted by Gasteiger charge is 2.77. The molecule has 27 heavy (non-hydrogen) atoms. The number of Topliss-reactive ketones (excluding diaryl/α,β-unsaturated/α-hetero) is 1. The minimum Gasteiger partial charge on any atom is -0.469 e. The van der Waals surface area contributed by atoms with Crippen LogP contribution in [-0.4, -0.2) is 40.2 Å². The molecule has 6 heteroatoms. The maximum Gasteiger partial charge on any atom is 0.305 e. The number of hydrogen-bond acceptors (Lipinski definition) is 5. The fourth-order valence-electron chi connectivity index (χ4n) is 3.29. The fraction of sp³-hybridized carbons (Fsp3) is 0.619. The van der Waals surface area contributed by atoms with Crippen molar-refractivity contribution in [1.82, 2.24) is 0 Å². The predicted molar refractivity (Wildman–Crippen MR) is 107 cm³/mol. The molecule has 1 aliphatic carbocycles. The highest BCUT2D eigenvalue weighted by atomic mass is 79.9. The van der Waals surface area contributed by atoms with Crippen molar-refractivity contribution in [2.24, 2.45) is 0 Å². The van der Waals surface area contributed by atoms with Gasteiger partial charge in [-0.3, -0.25) is 9.59 Å². The number of alkyl halides is 1. The van der Waals surface area contributed by atoms with Crippen molar-refractivity contribution >= 4 is 27.7 Å². The fourth-order valence-corrected chi connectivity index (χ4v) is 4.07. The van der Waals surface area contributed by atoms with Crippen molar-refractivity contribution in [1.29, 1.82) is 0 Å². The molecule has 2 fully saturated rings. The van der Waals surface area contributed by atoms with Crippen LogP contribution in [0.4, 0.5) is 0 Å². The van der Waals surface area contributed by atoms with Crippen molar-refractivity contribution < 1.29 is 24.2 Å². The predicted octanol–water partition coefficient (Wildman–Crippen LogP) is 4.14. The van der Waals surface area contributed by atoms with Crippen LogP contribution >= 0.6 is 15.9 Å². The molecule has 150 valence electrons. The molecule has 0 aromatic heterocycles. The summed E-state index contributed by atoms with van der Waals surface area (Å²) in [4.78, 5) is 23.7. The third-order valence-electron chi connectivity index (χ3n) is 4.97. The second-order valence-electron chi connectivity index (χ2n) is 7.04. The van der Waals surface area contributed by atoms with E-state index in [1.54, 1.807) is 12.2 Å². The van der Waals surface area contributed by atoms with Crippen molar-refractivity contribution in [3.05, 3.63) is 36.0 Å². The number of hydrogen-bond donors (Lipinski definition) is 1. The third-order valence-corrected chi connectivity index (χ3v) is 5.94. The van der Waals surface area contributed by atoms with Crippen LogP contribution in [0.1, 0.15) is 58.3 Å². The molecule has 1 N–H and O–H groups in total. The molecule has 2 aliphatic rings. The van der Waals surface area contributed by atoms with E-state index in [1.807, 2.05) is 12.2 Å². The number of esters is 1. The normalized spacial score (nSPS) is 31.2. The largest absolute Gasteiger partial charge is 0.469 e. The summed E-state index contributed by atoms with van der Waals surface area (Å²) in [6.45, 7) is 2.16. The lowest BCUT2D eigenvalue weighted by Gasteiger charge is -2.23. The van der Waals surface area contributed by atoms with Gasteiger partial charge in [0.1, 0.15) is 11.7 Å². The van der Waals surface area contributed by atoms with E-state index in [-0.39, 0.29) is 11.8 Å². The van der Waals surface area contributed by atoms with E-state index in [4.69, 9.17) is 4.74 Å². The molecule has 1 heterocycles. The monoisotopic (exact) mass is 440 g/mol. The second-order valence-corrected chi connectivity index (χ2v) is 8.22. The number of epoxide rings is 1. The molecule has 1 saturated heterocycles. The van der Waals surface area contributed by atoms with Crippen LogP contribution in [0.25, 0.3) is 0 Å². The van der Waals surface area contributed by atoms with Gasteiger partial charge in [-0.2, -0.15) is 0 Å². The zero-order valence-corrected chi connectivity index (χ0v) is 17.7. The first-order valence-corrected chi connectivity index (χ1v) is 10.4. The molecule has 0 unspecified atom stereocenters. The molecular formula is C21H29BrO5. The summed E-state index contributed by atoms with van der Waals surface area (Å²) in [5, 5.41) is 11.1. The molecule has 0 aromatic rings. The number of methoxy groups -OCH3 is 1. The van der Waals surface area contributed by atoms with Gasteiger partial charge in [-0.25, -0.2) is 0 Å². The molecule has 3 atom stereocenters. The standard InChI is InChI=1S/C21H29BrO5/c1-3-4-5-6-9-12-15-20(25)16(18(24)21(22)19(20)27-21)13-10-7-8-11-14-17(23)26-2/h7,9-10,12-13,19,25H,3-6,8,11,14-15H2,1-2H3/b10-7+,12-9-,16-13-/t19-,20-,21+/m0/s1. The van der Waals surface area contributed by atoms with E-state index in [1.165, 1.54) is 20.0 Å². The highest BCUT2D eigenvalue weighted by molar-refractivity contribution is 9.10. The number of ketones is 1. The average Bonchev–Trinajstić information content (AvgIpc) is 3.33. The molecule has 0 bridgehead atoms. The van der Waals surface area contributed by atoms with E-state index in [2.05, 4.69) is 33.7 Å². The summed E-state index contributed by atoms with van der Waals surface area (Å²) in [6, 6.07) is 0. The number of carbonyl (C=O) groups is 2. The van der Waals surface area contributed by atoms with E-state index < -0.39 is 16.2 Å². The molecule has 0 amide bonds. The lowest BCUT2D eigenvalue weighted by molar-refractivity contribution is -0.140. The Hall–Kier alpha value is -1.24. The number of allylic oxidation sites excluding steroid dienone is 4. The summed E-state index contributed by atoms with van der Waals surface area (Å²) >= 11 is 3.33. The van der Waals surface area contributed by atoms with Gasteiger partial charge in [-0.15, -0.1) is 0 Å². The summed E-state index contributed by atoms with van der Waals surface area (Å²) in [7, 11) is 1.37. The van der Waals surface area contributed by atoms with Crippen LogP contribution < -0.4 is 0 Å². The highest BCUT2D eigenvalue weighted by Crippen LogP contribution is 2.60. The number of halogens is 1. The van der Waals surface area contributed by atoms with Gasteiger partial charge in [0.25, 0.3) is 0 Å². The van der Waals surface area contributed by atoms with Crippen LogP contribution in [0.5, 0.6) is 0 Å². The van der Waals surface area contributed by atoms with Crippen LogP contribution in [0, 0.1) is 0 Å². The summed E-state index contributed by atoms with van der Waals surface area (Å²) in [5.41, 5.74) is -0.934. The van der Waals surface area contributed by atoms with E-state index in [0.29, 0.717) is 31.3 Å². The summed E-state index contributed by atoms with van der Waals surface area (Å²) in [5.74, 6) is -0.445. The van der Waals surface area contributed by atoms with Gasteiger partial charge in [0.2, 0.25) is 10.3 Å². The van der Waals surface area contributed by atoms with E-state index in [9.17, 15) is 14.7 Å². The van der Waals surface area contributed by atoms with Crippen LogP contribution in [0.2, 0.25) is 0 Å². The quantitative estimate of drug-likeness (QED) is 0.130. The zero-order valence-electron chi connectivity index (χ0n) is 16.1. The van der Waals surface area contributed by atoms with E-state index in [0.717, 1.165) is 12.8 Å². The number of aliphatic hydroxyl groups is 1. The van der Waals surface area contributed by atoms with Gasteiger partial charge in [0.05, 0.1) is 7.11 Å². The topological polar surface area (TPSA) is 76.1 Å². The molecule has 1 saturated carbocycles. The molecular weight excluding hydrogens is 412 g/mol. The van der Waals surface area contributed by atoms with Gasteiger partial charge in [0.15, 0.2) is 0 Å². The van der Waals surface area contributed by atoms with Crippen molar-refractivity contribution in [3.63, 3.8) is 0 Å². The first-order valence-electron chi connectivity index (χ1n) is 9.63. The number of rotatable bonds is 11. The number of carbonyl (C=O) groups excluding carboxylic acids is 2. The molecule has 0 aromatic carbocycles.